The maximum atomic E-state index is 6.28. The number of nitrogens with zero attached hydrogens (tertiary/aromatic N) is 1. The first-order chi connectivity index (χ1) is 13.8. The molecule has 1 aromatic heterocycles. The highest BCUT2D eigenvalue weighted by molar-refractivity contribution is 6.47. The fourth-order valence-corrected chi connectivity index (χ4v) is 4.23. The van der Waals surface area contributed by atoms with Crippen LogP contribution in [0.25, 0.3) is 11.3 Å². The molecule has 5 nitrogen and oxygen atoms in total. The van der Waals surface area contributed by atoms with Gasteiger partial charge in [-0.2, -0.15) is 0 Å². The Kier molecular flexibility index (Phi) is 5.62. The van der Waals surface area contributed by atoms with Gasteiger partial charge in [-0.05, 0) is 71.9 Å². The second kappa shape index (κ2) is 7.90. The number of benzene rings is 1. The van der Waals surface area contributed by atoms with Crippen molar-refractivity contribution in [3.63, 3.8) is 0 Å². The van der Waals surface area contributed by atoms with E-state index in [9.17, 15) is 0 Å². The van der Waals surface area contributed by atoms with Gasteiger partial charge >= 0.3 is 7.48 Å². The largest absolute Gasteiger partial charge is 0.427 e. The molecule has 0 saturated carbocycles. The Morgan fingerprint density at radius 1 is 1.10 bits per heavy atom. The van der Waals surface area contributed by atoms with Crippen LogP contribution in [0.3, 0.4) is 0 Å². The van der Waals surface area contributed by atoms with E-state index in [1.54, 1.807) is 7.11 Å². The Hall–Kier alpha value is -1.63. The van der Waals surface area contributed by atoms with Gasteiger partial charge in [-0.25, -0.2) is 4.98 Å². The van der Waals surface area contributed by atoms with Gasteiger partial charge in [0.15, 0.2) is 0 Å². The summed E-state index contributed by atoms with van der Waals surface area (Å²) < 4.78 is 11.9. The number of aromatic nitrogens is 2. The fourth-order valence-electron chi connectivity index (χ4n) is 4.23. The van der Waals surface area contributed by atoms with Gasteiger partial charge < -0.3 is 19.7 Å². The topological polar surface area (TPSA) is 59.2 Å². The van der Waals surface area contributed by atoms with Crippen molar-refractivity contribution >= 4 is 12.9 Å². The van der Waals surface area contributed by atoms with E-state index in [4.69, 9.17) is 14.4 Å². The van der Waals surface area contributed by atoms with E-state index < -0.39 is 0 Å². The van der Waals surface area contributed by atoms with Crippen LogP contribution < -0.4 is 10.8 Å². The number of imidazole rings is 1. The summed E-state index contributed by atoms with van der Waals surface area (Å²) in [4.78, 5) is 8.65. The second-order valence-electron chi connectivity index (χ2n) is 9.46. The van der Waals surface area contributed by atoms with Gasteiger partial charge in [-0.15, -0.1) is 0 Å². The minimum atomic E-state index is -0.382. The maximum Gasteiger partial charge on any atom is 0.309 e. The smallest absolute Gasteiger partial charge is 0.309 e. The molecule has 2 aliphatic rings. The molecule has 6 heteroatoms. The summed E-state index contributed by atoms with van der Waals surface area (Å²) >= 11 is 0. The van der Waals surface area contributed by atoms with E-state index in [-0.39, 0.29) is 11.2 Å². The Balaban J connectivity index is 1.56. The molecule has 2 heterocycles. The summed E-state index contributed by atoms with van der Waals surface area (Å²) in [5.74, 6) is 1.11. The predicted molar refractivity (Wildman–Crippen MR) is 119 cm³/mol. The molecule has 1 fully saturated rings. The molecule has 29 heavy (non-hydrogen) atoms. The zero-order valence-electron chi connectivity index (χ0n) is 18.5. The SMILES string of the molecule is COC(C)(C)C(C)(C)OBc1ccc2c(c1)CCCc1[nH]c([C@@H]3CCCN3)nc1-2. The number of H-pyrrole nitrogens is 1. The van der Waals surface area contributed by atoms with Crippen LogP contribution in [0.15, 0.2) is 18.2 Å². The summed E-state index contributed by atoms with van der Waals surface area (Å²) in [5, 5.41) is 3.56. The first-order valence-corrected chi connectivity index (χ1v) is 10.9. The molecule has 4 rings (SSSR count). The lowest BCUT2D eigenvalue weighted by atomic mass is 9.81. The lowest BCUT2D eigenvalue weighted by molar-refractivity contribution is -0.114. The molecule has 156 valence electrons. The predicted octanol–water partition coefficient (Wildman–Crippen LogP) is 3.19. The van der Waals surface area contributed by atoms with Crippen LogP contribution in [0.1, 0.15) is 70.1 Å². The van der Waals surface area contributed by atoms with Crippen LogP contribution in [0.2, 0.25) is 0 Å². The number of rotatable bonds is 6. The molecular formula is C23H34BN3O2. The molecule has 0 unspecified atom stereocenters. The molecule has 1 aromatic carbocycles. The number of hydrogen-bond acceptors (Lipinski definition) is 4. The summed E-state index contributed by atoms with van der Waals surface area (Å²) in [6, 6.07) is 7.11. The fraction of sp³-hybridized carbons (Fsp3) is 0.609. The number of fused-ring (bicyclic) bond motifs is 3. The molecule has 0 amide bonds. The van der Waals surface area contributed by atoms with Gasteiger partial charge in [0.25, 0.3) is 0 Å². The van der Waals surface area contributed by atoms with Gasteiger partial charge in [0.05, 0.1) is 22.9 Å². The second-order valence-corrected chi connectivity index (χ2v) is 9.46. The molecule has 1 atom stereocenters. The van der Waals surface area contributed by atoms with Crippen molar-refractivity contribution < 1.29 is 9.39 Å². The van der Waals surface area contributed by atoms with E-state index in [0.29, 0.717) is 13.5 Å². The highest BCUT2D eigenvalue weighted by Gasteiger charge is 2.38. The van der Waals surface area contributed by atoms with E-state index >= 15 is 0 Å². The van der Waals surface area contributed by atoms with E-state index in [1.165, 1.54) is 35.1 Å². The summed E-state index contributed by atoms with van der Waals surface area (Å²) in [6.07, 6.45) is 5.68. The minimum Gasteiger partial charge on any atom is -0.427 e. The van der Waals surface area contributed by atoms with Crippen molar-refractivity contribution in [2.45, 2.75) is 77.0 Å². The number of methoxy groups -OCH3 is 1. The van der Waals surface area contributed by atoms with E-state index in [1.807, 2.05) is 0 Å². The third-order valence-electron chi connectivity index (χ3n) is 7.05. The number of nitrogens with one attached hydrogen (secondary N) is 2. The van der Waals surface area contributed by atoms with Crippen molar-refractivity contribution in [2.24, 2.45) is 0 Å². The average molecular weight is 395 g/mol. The number of aryl methyl sites for hydroxylation is 2. The first-order valence-electron chi connectivity index (χ1n) is 10.9. The molecule has 0 spiro atoms. The lowest BCUT2D eigenvalue weighted by Crippen LogP contribution is -2.50. The average Bonchev–Trinajstić information content (AvgIpc) is 3.34. The first kappa shape index (κ1) is 20.6. The van der Waals surface area contributed by atoms with Gasteiger partial charge in [0, 0.05) is 18.4 Å². The molecule has 2 aromatic rings. The van der Waals surface area contributed by atoms with Crippen molar-refractivity contribution in [3.05, 3.63) is 35.3 Å². The lowest BCUT2D eigenvalue weighted by Gasteiger charge is -2.40. The summed E-state index contributed by atoms with van der Waals surface area (Å²) in [6.45, 7) is 9.41. The van der Waals surface area contributed by atoms with Crippen molar-refractivity contribution in [1.82, 2.24) is 15.3 Å². The highest BCUT2D eigenvalue weighted by Crippen LogP contribution is 2.33. The molecule has 1 saturated heterocycles. The minimum absolute atomic E-state index is 0.354. The monoisotopic (exact) mass is 395 g/mol. The molecule has 2 N–H and O–H groups in total. The van der Waals surface area contributed by atoms with Crippen LogP contribution in [0, 0.1) is 0 Å². The zero-order valence-corrected chi connectivity index (χ0v) is 18.5. The normalized spacial score (nSPS) is 19.6. The molecule has 1 aliphatic heterocycles. The third-order valence-corrected chi connectivity index (χ3v) is 7.05. The highest BCUT2D eigenvalue weighted by atomic mass is 16.5. The van der Waals surface area contributed by atoms with Crippen LogP contribution in [0.5, 0.6) is 0 Å². The number of hydrogen-bond donors (Lipinski definition) is 2. The third kappa shape index (κ3) is 4.03. The van der Waals surface area contributed by atoms with Crippen LogP contribution in [-0.2, 0) is 22.2 Å². The molecule has 1 aliphatic carbocycles. The van der Waals surface area contributed by atoms with Gasteiger partial charge in [0.1, 0.15) is 5.82 Å². The van der Waals surface area contributed by atoms with Crippen molar-refractivity contribution in [1.29, 1.82) is 0 Å². The summed E-state index contributed by atoms with van der Waals surface area (Å²) in [5.41, 5.74) is 5.57. The standard InChI is InChI=1S/C23H34BN3O2/c1-22(2,28-5)23(3,4)29-24-16-11-12-17-15(14-16)8-6-9-18-20(17)27-21(26-18)19-10-7-13-25-19/h11-12,14,19,24-25H,6-10,13H2,1-5H3,(H,26,27)/t19-/m0/s1. The maximum absolute atomic E-state index is 6.28. The quantitative estimate of drug-likeness (QED) is 0.738. The Bertz CT molecular complexity index is 869. The van der Waals surface area contributed by atoms with Crippen LogP contribution in [-0.4, -0.2) is 42.3 Å². The molecular weight excluding hydrogens is 361 g/mol. The Morgan fingerprint density at radius 3 is 2.66 bits per heavy atom. The van der Waals surface area contributed by atoms with E-state index in [2.05, 4.69) is 56.2 Å². The number of ether oxygens (including phenoxy) is 1. The van der Waals surface area contributed by atoms with Crippen LogP contribution in [0.4, 0.5) is 0 Å². The van der Waals surface area contributed by atoms with Crippen molar-refractivity contribution in [2.75, 3.05) is 13.7 Å². The van der Waals surface area contributed by atoms with Crippen LogP contribution >= 0.6 is 0 Å². The molecule has 0 radical (unpaired) electrons. The number of aromatic amines is 1. The van der Waals surface area contributed by atoms with Gasteiger partial charge in [-0.1, -0.05) is 23.7 Å². The molecule has 0 bridgehead atoms. The van der Waals surface area contributed by atoms with Crippen molar-refractivity contribution in [3.8, 4) is 11.3 Å². The zero-order chi connectivity index (χ0) is 20.6. The van der Waals surface area contributed by atoms with Gasteiger partial charge in [-0.3, -0.25) is 0 Å². The Morgan fingerprint density at radius 2 is 1.93 bits per heavy atom. The van der Waals surface area contributed by atoms with Gasteiger partial charge in [0.2, 0.25) is 0 Å². The van der Waals surface area contributed by atoms with E-state index in [0.717, 1.165) is 37.3 Å². The summed E-state index contributed by atoms with van der Waals surface area (Å²) in [7, 11) is 2.32. The Labute approximate surface area is 175 Å².